The van der Waals surface area contributed by atoms with Crippen molar-refractivity contribution in [1.29, 1.82) is 0 Å². The first-order valence-electron chi connectivity index (χ1n) is 7.22. The molecule has 0 N–H and O–H groups in total. The number of halogens is 1. The lowest BCUT2D eigenvalue weighted by molar-refractivity contribution is 0.448. The summed E-state index contributed by atoms with van der Waals surface area (Å²) in [6.07, 6.45) is 4.26. The third-order valence-electron chi connectivity index (χ3n) is 4.36. The first kappa shape index (κ1) is 14.0. The normalized spacial score (nSPS) is 16.9. The number of aryl methyl sites for hydroxylation is 2. The van der Waals surface area contributed by atoms with Gasteiger partial charge in [-0.1, -0.05) is 22.6 Å². The molecule has 3 nitrogen and oxygen atoms in total. The van der Waals surface area contributed by atoms with Crippen molar-refractivity contribution in [2.45, 2.75) is 26.7 Å². The first-order valence-corrected chi connectivity index (χ1v) is 8.74. The fourth-order valence-electron chi connectivity index (χ4n) is 2.85. The van der Waals surface area contributed by atoms with Crippen molar-refractivity contribution in [2.75, 3.05) is 22.4 Å². The molecular weight excluding hydrogens is 361 g/mol. The average Bonchev–Trinajstić information content (AvgIpc) is 2.48. The third kappa shape index (κ3) is 2.62. The van der Waals surface area contributed by atoms with Gasteiger partial charge in [0.1, 0.15) is 12.1 Å². The highest BCUT2D eigenvalue weighted by Crippen LogP contribution is 2.29. The van der Waals surface area contributed by atoms with Crippen LogP contribution in [0.1, 0.15) is 24.0 Å². The second-order valence-corrected chi connectivity index (χ2v) is 6.62. The summed E-state index contributed by atoms with van der Waals surface area (Å²) < 4.78 is 1.27. The lowest BCUT2D eigenvalue weighted by Crippen LogP contribution is -2.34. The van der Waals surface area contributed by atoms with Crippen LogP contribution in [0.15, 0.2) is 18.5 Å². The molecule has 0 amide bonds. The van der Waals surface area contributed by atoms with Crippen LogP contribution in [0.25, 0.3) is 10.9 Å². The molecule has 0 bridgehead atoms. The second-order valence-electron chi connectivity index (χ2n) is 5.74. The van der Waals surface area contributed by atoms with E-state index in [9.17, 15) is 0 Å². The predicted octanol–water partition coefficient (Wildman–Crippen LogP) is 3.90. The van der Waals surface area contributed by atoms with Crippen LogP contribution in [0, 0.1) is 19.8 Å². The van der Waals surface area contributed by atoms with Gasteiger partial charge in [0.15, 0.2) is 0 Å². The maximum Gasteiger partial charge on any atom is 0.139 e. The zero-order valence-electron chi connectivity index (χ0n) is 12.1. The summed E-state index contributed by atoms with van der Waals surface area (Å²) in [5.74, 6) is 1.99. The summed E-state index contributed by atoms with van der Waals surface area (Å²) in [6, 6.07) is 4.41. The molecule has 3 rings (SSSR count). The smallest absolute Gasteiger partial charge is 0.139 e. The number of alkyl halides is 1. The minimum atomic E-state index is 0.879. The Labute approximate surface area is 133 Å². The number of aromatic nitrogens is 2. The SMILES string of the molecule is Cc1cc2ncnc(N3CCC(CI)CC3)c2cc1C. The monoisotopic (exact) mass is 381 g/mol. The summed E-state index contributed by atoms with van der Waals surface area (Å²) in [5.41, 5.74) is 3.68. The fraction of sp³-hybridized carbons (Fsp3) is 0.500. The number of piperidine rings is 1. The van der Waals surface area contributed by atoms with Crippen molar-refractivity contribution in [3.63, 3.8) is 0 Å². The summed E-state index contributed by atoms with van der Waals surface area (Å²) in [7, 11) is 0. The van der Waals surface area contributed by atoms with Gasteiger partial charge < -0.3 is 4.90 Å². The molecule has 2 aromatic rings. The van der Waals surface area contributed by atoms with Crippen molar-refractivity contribution < 1.29 is 0 Å². The van der Waals surface area contributed by atoms with E-state index < -0.39 is 0 Å². The van der Waals surface area contributed by atoms with Gasteiger partial charge in [0.25, 0.3) is 0 Å². The van der Waals surface area contributed by atoms with Crippen LogP contribution < -0.4 is 4.90 Å². The molecule has 20 heavy (non-hydrogen) atoms. The van der Waals surface area contributed by atoms with Crippen LogP contribution in [-0.2, 0) is 0 Å². The average molecular weight is 381 g/mol. The molecule has 1 aromatic carbocycles. The Balaban J connectivity index is 1.97. The number of rotatable bonds is 2. The van der Waals surface area contributed by atoms with Crippen molar-refractivity contribution in [3.05, 3.63) is 29.6 Å². The van der Waals surface area contributed by atoms with Crippen LogP contribution in [-0.4, -0.2) is 27.5 Å². The molecule has 0 saturated carbocycles. The van der Waals surface area contributed by atoms with Crippen molar-refractivity contribution in [2.24, 2.45) is 5.92 Å². The standard InChI is InChI=1S/C16H20IN3/c1-11-7-14-15(8-12(11)2)18-10-19-16(14)20-5-3-13(9-17)4-6-20/h7-8,10,13H,3-6,9H2,1-2H3. The van der Waals surface area contributed by atoms with Crippen LogP contribution in [0.5, 0.6) is 0 Å². The summed E-state index contributed by atoms with van der Waals surface area (Å²) in [5, 5.41) is 1.20. The Morgan fingerprint density at radius 3 is 2.55 bits per heavy atom. The molecule has 0 atom stereocenters. The molecule has 0 radical (unpaired) electrons. The molecule has 2 heterocycles. The van der Waals surface area contributed by atoms with Crippen molar-refractivity contribution in [1.82, 2.24) is 9.97 Å². The zero-order valence-corrected chi connectivity index (χ0v) is 14.2. The van der Waals surface area contributed by atoms with E-state index in [1.54, 1.807) is 6.33 Å². The highest BCUT2D eigenvalue weighted by Gasteiger charge is 2.21. The summed E-state index contributed by atoms with van der Waals surface area (Å²) >= 11 is 2.51. The Morgan fingerprint density at radius 1 is 1.15 bits per heavy atom. The van der Waals surface area contributed by atoms with Crippen LogP contribution >= 0.6 is 22.6 Å². The molecule has 106 valence electrons. The lowest BCUT2D eigenvalue weighted by Gasteiger charge is -2.32. The number of anilines is 1. The number of hydrogen-bond acceptors (Lipinski definition) is 3. The van der Waals surface area contributed by atoms with E-state index >= 15 is 0 Å². The third-order valence-corrected chi connectivity index (χ3v) is 5.61. The Kier molecular flexibility index (Phi) is 4.10. The predicted molar refractivity (Wildman–Crippen MR) is 92.8 cm³/mol. The molecule has 1 aliphatic rings. The number of fused-ring (bicyclic) bond motifs is 1. The molecule has 0 spiro atoms. The van der Waals surface area contributed by atoms with E-state index in [4.69, 9.17) is 0 Å². The maximum absolute atomic E-state index is 4.57. The van der Waals surface area contributed by atoms with E-state index in [0.717, 1.165) is 30.3 Å². The Hall–Kier alpha value is -0.910. The zero-order chi connectivity index (χ0) is 14.1. The van der Waals surface area contributed by atoms with Gasteiger partial charge in [-0.05, 0) is 55.9 Å². The minimum Gasteiger partial charge on any atom is -0.356 e. The molecule has 1 saturated heterocycles. The number of benzene rings is 1. The molecule has 0 aliphatic carbocycles. The molecular formula is C16H20IN3. The highest BCUT2D eigenvalue weighted by atomic mass is 127. The van der Waals surface area contributed by atoms with E-state index in [2.05, 4.69) is 63.4 Å². The molecule has 4 heteroatoms. The van der Waals surface area contributed by atoms with Crippen LogP contribution in [0.4, 0.5) is 5.82 Å². The Morgan fingerprint density at radius 2 is 1.85 bits per heavy atom. The van der Waals surface area contributed by atoms with Gasteiger partial charge in [0, 0.05) is 22.9 Å². The van der Waals surface area contributed by atoms with Gasteiger partial charge in [0.2, 0.25) is 0 Å². The quantitative estimate of drug-likeness (QED) is 0.584. The van der Waals surface area contributed by atoms with Gasteiger partial charge in [-0.2, -0.15) is 0 Å². The van der Waals surface area contributed by atoms with Gasteiger partial charge in [-0.3, -0.25) is 0 Å². The molecule has 0 unspecified atom stereocenters. The number of hydrogen-bond donors (Lipinski definition) is 0. The molecule has 1 aromatic heterocycles. The lowest BCUT2D eigenvalue weighted by atomic mass is 9.98. The first-order chi connectivity index (χ1) is 9.69. The summed E-state index contributed by atoms with van der Waals surface area (Å²) in [4.78, 5) is 11.4. The minimum absolute atomic E-state index is 0.879. The molecule has 1 fully saturated rings. The van der Waals surface area contributed by atoms with Crippen molar-refractivity contribution >= 4 is 39.3 Å². The largest absolute Gasteiger partial charge is 0.356 e. The van der Waals surface area contributed by atoms with E-state index in [1.165, 1.54) is 33.8 Å². The fourth-order valence-corrected chi connectivity index (χ4v) is 3.73. The second kappa shape index (κ2) is 5.84. The maximum atomic E-state index is 4.57. The van der Waals surface area contributed by atoms with Gasteiger partial charge in [-0.25, -0.2) is 9.97 Å². The topological polar surface area (TPSA) is 29.0 Å². The van der Waals surface area contributed by atoms with E-state index in [0.29, 0.717) is 0 Å². The highest BCUT2D eigenvalue weighted by molar-refractivity contribution is 14.1. The van der Waals surface area contributed by atoms with Crippen LogP contribution in [0.2, 0.25) is 0 Å². The van der Waals surface area contributed by atoms with Crippen molar-refractivity contribution in [3.8, 4) is 0 Å². The van der Waals surface area contributed by atoms with Gasteiger partial charge >= 0.3 is 0 Å². The Bertz CT molecular complexity index is 618. The van der Waals surface area contributed by atoms with E-state index in [1.807, 2.05) is 0 Å². The molecule has 1 aliphatic heterocycles. The van der Waals surface area contributed by atoms with Gasteiger partial charge in [0.05, 0.1) is 5.52 Å². The summed E-state index contributed by atoms with van der Waals surface area (Å²) in [6.45, 7) is 6.54. The van der Waals surface area contributed by atoms with E-state index in [-0.39, 0.29) is 0 Å². The van der Waals surface area contributed by atoms with Crippen LogP contribution in [0.3, 0.4) is 0 Å². The van der Waals surface area contributed by atoms with Gasteiger partial charge in [-0.15, -0.1) is 0 Å². The number of nitrogens with zero attached hydrogens (tertiary/aromatic N) is 3.